The van der Waals surface area contributed by atoms with Crippen LogP contribution in [0.15, 0.2) is 115 Å². The first-order valence-electron chi connectivity index (χ1n) is 13.4. The lowest BCUT2D eigenvalue weighted by Gasteiger charge is -2.25. The highest BCUT2D eigenvalue weighted by Crippen LogP contribution is 2.35. The fourth-order valence-corrected chi connectivity index (χ4v) is 4.59. The molecule has 5 aromatic rings. The smallest absolute Gasteiger partial charge is 0.194 e. The summed E-state index contributed by atoms with van der Waals surface area (Å²) in [6, 6.07) is 41.2. The van der Waals surface area contributed by atoms with Gasteiger partial charge in [-0.3, -0.25) is 0 Å². The highest BCUT2D eigenvalue weighted by atomic mass is 15.1. The standard InChI is InChI=1S/C38H29N3/c1-28-9-13-30(14-10-28)15-19-32-26-38(40-3)33(25-34(32)27-39)20-16-31-17-23-37(24-18-31)41(35-7-5-4-6-8-35)36-21-11-29(2)12-22-36/h4-26H,1-2H3/b19-15-,20-16-. The summed E-state index contributed by atoms with van der Waals surface area (Å²) in [6.45, 7) is 11.9. The third-order valence-corrected chi connectivity index (χ3v) is 6.89. The Morgan fingerprint density at radius 2 is 1.10 bits per heavy atom. The maximum absolute atomic E-state index is 9.82. The van der Waals surface area contributed by atoms with Gasteiger partial charge in [0.1, 0.15) is 0 Å². The fourth-order valence-electron chi connectivity index (χ4n) is 4.59. The van der Waals surface area contributed by atoms with Gasteiger partial charge in [0, 0.05) is 17.1 Å². The Morgan fingerprint density at radius 3 is 1.66 bits per heavy atom. The topological polar surface area (TPSA) is 31.4 Å². The van der Waals surface area contributed by atoms with Crippen LogP contribution in [0.1, 0.15) is 38.9 Å². The van der Waals surface area contributed by atoms with E-state index in [4.69, 9.17) is 6.57 Å². The number of aryl methyl sites for hydroxylation is 2. The Balaban J connectivity index is 1.41. The van der Waals surface area contributed by atoms with E-state index in [1.165, 1.54) is 11.1 Å². The molecule has 0 unspecified atom stereocenters. The maximum atomic E-state index is 9.82. The molecule has 0 heterocycles. The molecule has 0 bridgehead atoms. The Bertz CT molecular complexity index is 1780. The van der Waals surface area contributed by atoms with E-state index in [1.54, 1.807) is 12.1 Å². The molecule has 41 heavy (non-hydrogen) atoms. The molecule has 0 aliphatic rings. The number of benzene rings is 5. The fraction of sp³-hybridized carbons (Fsp3) is 0.0526. The van der Waals surface area contributed by atoms with E-state index >= 15 is 0 Å². The van der Waals surface area contributed by atoms with Crippen LogP contribution in [0, 0.1) is 31.8 Å². The van der Waals surface area contributed by atoms with Gasteiger partial charge in [-0.25, -0.2) is 4.85 Å². The van der Waals surface area contributed by atoms with Gasteiger partial charge in [0.2, 0.25) is 0 Å². The van der Waals surface area contributed by atoms with Crippen molar-refractivity contribution in [3.63, 3.8) is 0 Å². The lowest BCUT2D eigenvalue weighted by molar-refractivity contribution is 1.27. The lowest BCUT2D eigenvalue weighted by atomic mass is 10.0. The predicted molar refractivity (Wildman–Crippen MR) is 172 cm³/mol. The molecule has 3 heteroatoms. The highest BCUT2D eigenvalue weighted by molar-refractivity contribution is 5.83. The molecule has 0 aliphatic carbocycles. The molecule has 0 radical (unpaired) electrons. The third kappa shape index (κ3) is 6.51. The van der Waals surface area contributed by atoms with Gasteiger partial charge in [-0.15, -0.1) is 0 Å². The first-order chi connectivity index (χ1) is 20.0. The molecule has 0 aliphatic heterocycles. The zero-order valence-electron chi connectivity index (χ0n) is 23.1. The van der Waals surface area contributed by atoms with Crippen LogP contribution >= 0.6 is 0 Å². The number of nitriles is 1. The van der Waals surface area contributed by atoms with Gasteiger partial charge in [-0.05, 0) is 84.6 Å². The van der Waals surface area contributed by atoms with Crippen molar-refractivity contribution in [1.29, 1.82) is 5.26 Å². The molecule has 0 atom stereocenters. The summed E-state index contributed by atoms with van der Waals surface area (Å²) in [7, 11) is 0. The van der Waals surface area contributed by atoms with Gasteiger partial charge in [0.05, 0.1) is 18.2 Å². The van der Waals surface area contributed by atoms with E-state index in [0.717, 1.165) is 39.3 Å². The summed E-state index contributed by atoms with van der Waals surface area (Å²) in [5, 5.41) is 9.82. The number of nitrogens with zero attached hydrogens (tertiary/aromatic N) is 3. The second-order valence-electron chi connectivity index (χ2n) is 9.90. The number of hydrogen-bond donors (Lipinski definition) is 0. The summed E-state index contributed by atoms with van der Waals surface area (Å²) >= 11 is 0. The molecular weight excluding hydrogens is 498 g/mol. The van der Waals surface area contributed by atoms with Crippen LogP contribution in [0.25, 0.3) is 29.1 Å². The van der Waals surface area contributed by atoms with E-state index in [9.17, 15) is 5.26 Å². The Labute approximate surface area is 242 Å². The summed E-state index contributed by atoms with van der Waals surface area (Å²) in [4.78, 5) is 5.97. The second-order valence-corrected chi connectivity index (χ2v) is 9.90. The van der Waals surface area contributed by atoms with E-state index in [2.05, 4.69) is 102 Å². The van der Waals surface area contributed by atoms with Crippen LogP contribution in [0.5, 0.6) is 0 Å². The quantitative estimate of drug-likeness (QED) is 0.156. The molecule has 0 amide bonds. The summed E-state index contributed by atoms with van der Waals surface area (Å²) in [6.07, 6.45) is 7.76. The molecule has 0 aromatic heterocycles. The molecule has 0 saturated heterocycles. The van der Waals surface area contributed by atoms with Gasteiger partial charge in [0.25, 0.3) is 0 Å². The zero-order valence-corrected chi connectivity index (χ0v) is 23.1. The van der Waals surface area contributed by atoms with Crippen molar-refractivity contribution < 1.29 is 0 Å². The van der Waals surface area contributed by atoms with Crippen molar-refractivity contribution in [3.05, 3.63) is 166 Å². The first kappa shape index (κ1) is 26.9. The lowest BCUT2D eigenvalue weighted by Crippen LogP contribution is -2.09. The molecule has 0 saturated carbocycles. The van der Waals surface area contributed by atoms with Crippen molar-refractivity contribution in [1.82, 2.24) is 0 Å². The molecule has 196 valence electrons. The van der Waals surface area contributed by atoms with E-state index < -0.39 is 0 Å². The molecule has 0 fully saturated rings. The number of rotatable bonds is 7. The Hall–Kier alpha value is -5.64. The molecule has 5 rings (SSSR count). The minimum Gasteiger partial charge on any atom is -0.311 e. The largest absolute Gasteiger partial charge is 0.311 e. The van der Waals surface area contributed by atoms with Gasteiger partial charge >= 0.3 is 0 Å². The average molecular weight is 528 g/mol. The summed E-state index contributed by atoms with van der Waals surface area (Å²) < 4.78 is 0. The zero-order chi connectivity index (χ0) is 28.6. The van der Waals surface area contributed by atoms with E-state index in [1.807, 2.05) is 54.6 Å². The minimum atomic E-state index is 0.509. The number of para-hydroxylation sites is 1. The van der Waals surface area contributed by atoms with Gasteiger partial charge in [0.15, 0.2) is 5.69 Å². The van der Waals surface area contributed by atoms with Crippen molar-refractivity contribution >= 4 is 47.1 Å². The van der Waals surface area contributed by atoms with Crippen LogP contribution in [0.3, 0.4) is 0 Å². The van der Waals surface area contributed by atoms with Crippen molar-refractivity contribution in [3.8, 4) is 6.07 Å². The van der Waals surface area contributed by atoms with Crippen LogP contribution in [-0.2, 0) is 0 Å². The van der Waals surface area contributed by atoms with Crippen LogP contribution in [0.2, 0.25) is 0 Å². The molecule has 5 aromatic carbocycles. The van der Waals surface area contributed by atoms with Crippen molar-refractivity contribution in [2.75, 3.05) is 4.90 Å². The highest BCUT2D eigenvalue weighted by Gasteiger charge is 2.12. The summed E-state index contributed by atoms with van der Waals surface area (Å²) in [5.74, 6) is 0. The van der Waals surface area contributed by atoms with Crippen LogP contribution in [-0.4, -0.2) is 0 Å². The van der Waals surface area contributed by atoms with Gasteiger partial charge < -0.3 is 4.90 Å². The number of hydrogen-bond acceptors (Lipinski definition) is 2. The molecule has 0 N–H and O–H groups in total. The number of anilines is 3. The van der Waals surface area contributed by atoms with Crippen LogP contribution in [0.4, 0.5) is 22.7 Å². The Morgan fingerprint density at radius 1 is 0.610 bits per heavy atom. The normalized spacial score (nSPS) is 10.9. The average Bonchev–Trinajstić information content (AvgIpc) is 3.02. The molecular formula is C38H29N3. The van der Waals surface area contributed by atoms with Crippen molar-refractivity contribution in [2.45, 2.75) is 13.8 Å². The monoisotopic (exact) mass is 527 g/mol. The SMILES string of the molecule is [C-]#[N+]c1cc(/C=C\c2ccc(C)cc2)c(C#N)cc1/C=C\c1ccc(N(c2ccccc2)c2ccc(C)cc2)cc1. The minimum absolute atomic E-state index is 0.509. The predicted octanol–water partition coefficient (Wildman–Crippen LogP) is 10.5. The third-order valence-electron chi connectivity index (χ3n) is 6.89. The first-order valence-corrected chi connectivity index (χ1v) is 13.4. The van der Waals surface area contributed by atoms with E-state index in [-0.39, 0.29) is 0 Å². The van der Waals surface area contributed by atoms with Gasteiger partial charge in [-0.1, -0.05) is 102 Å². The molecule has 3 nitrogen and oxygen atoms in total. The van der Waals surface area contributed by atoms with E-state index in [0.29, 0.717) is 11.3 Å². The Kier molecular flexibility index (Phi) is 8.20. The van der Waals surface area contributed by atoms with Crippen LogP contribution < -0.4 is 4.90 Å². The van der Waals surface area contributed by atoms with Crippen molar-refractivity contribution in [2.24, 2.45) is 0 Å². The van der Waals surface area contributed by atoms with Gasteiger partial charge in [-0.2, -0.15) is 5.26 Å². The molecule has 0 spiro atoms. The second kappa shape index (κ2) is 12.5. The summed E-state index contributed by atoms with van der Waals surface area (Å²) in [5.41, 5.74) is 10.2. The maximum Gasteiger partial charge on any atom is 0.194 e.